The maximum Gasteiger partial charge on any atom is 0.303 e. The number of aromatic nitrogens is 3. The summed E-state index contributed by atoms with van der Waals surface area (Å²) in [7, 11) is -2.33. The second-order valence-corrected chi connectivity index (χ2v) is 7.69. The van der Waals surface area contributed by atoms with Crippen LogP contribution in [0.15, 0.2) is 9.63 Å². The molecule has 0 fully saturated rings. The van der Waals surface area contributed by atoms with Gasteiger partial charge in [0, 0.05) is 20.0 Å². The number of carboxylic acids is 1. The molecular formula is C11H19BrN4O4S. The SMILES string of the molecule is CC(C)C[C@H](CNS(=O)(=O)c1c(Br)nnn1C)CC(=O)O. The van der Waals surface area contributed by atoms with Crippen LogP contribution in [0.25, 0.3) is 0 Å². The molecule has 0 saturated carbocycles. The van der Waals surface area contributed by atoms with Crippen molar-refractivity contribution in [2.75, 3.05) is 6.54 Å². The van der Waals surface area contributed by atoms with Crippen molar-refractivity contribution >= 4 is 31.9 Å². The molecule has 21 heavy (non-hydrogen) atoms. The Bertz CT molecular complexity index is 580. The van der Waals surface area contributed by atoms with E-state index in [-0.39, 0.29) is 34.4 Å². The first-order valence-electron chi connectivity index (χ1n) is 6.40. The van der Waals surface area contributed by atoms with Crippen molar-refractivity contribution in [1.82, 2.24) is 19.7 Å². The van der Waals surface area contributed by atoms with Gasteiger partial charge in [-0.2, -0.15) is 0 Å². The van der Waals surface area contributed by atoms with E-state index in [0.29, 0.717) is 6.42 Å². The quantitative estimate of drug-likeness (QED) is 0.692. The van der Waals surface area contributed by atoms with Gasteiger partial charge >= 0.3 is 5.97 Å². The standard InChI is InChI=1S/C11H19BrN4O4S/c1-7(2)4-8(5-9(17)18)6-13-21(19,20)11-10(12)14-15-16(11)3/h7-8,13H,4-6H2,1-3H3,(H,17,18)/t8-/m0/s1. The van der Waals surface area contributed by atoms with Crippen molar-refractivity contribution in [3.63, 3.8) is 0 Å². The van der Waals surface area contributed by atoms with Gasteiger partial charge in [-0.3, -0.25) is 4.79 Å². The van der Waals surface area contributed by atoms with Gasteiger partial charge < -0.3 is 5.11 Å². The zero-order valence-corrected chi connectivity index (χ0v) is 14.5. The molecule has 1 aromatic rings. The summed E-state index contributed by atoms with van der Waals surface area (Å²) in [6.07, 6.45) is 0.547. The second kappa shape index (κ2) is 7.32. The van der Waals surface area contributed by atoms with Crippen LogP contribution >= 0.6 is 15.9 Å². The molecule has 0 aromatic carbocycles. The molecule has 0 saturated heterocycles. The second-order valence-electron chi connectivity index (χ2n) is 5.25. The first-order chi connectivity index (χ1) is 9.63. The number of nitrogens with one attached hydrogen (secondary N) is 1. The van der Waals surface area contributed by atoms with Crippen LogP contribution in [0.5, 0.6) is 0 Å². The topological polar surface area (TPSA) is 114 Å². The molecule has 8 nitrogen and oxygen atoms in total. The molecule has 0 unspecified atom stereocenters. The molecule has 10 heteroatoms. The summed E-state index contributed by atoms with van der Waals surface area (Å²) in [5, 5.41) is 16.0. The van der Waals surface area contributed by atoms with Gasteiger partial charge in [0.15, 0.2) is 4.60 Å². The number of aryl methyl sites for hydroxylation is 1. The van der Waals surface area contributed by atoms with E-state index in [1.807, 2.05) is 13.8 Å². The van der Waals surface area contributed by atoms with Crippen molar-refractivity contribution in [1.29, 1.82) is 0 Å². The zero-order valence-electron chi connectivity index (χ0n) is 12.1. The monoisotopic (exact) mass is 382 g/mol. The Morgan fingerprint density at radius 3 is 2.52 bits per heavy atom. The molecule has 2 N–H and O–H groups in total. The smallest absolute Gasteiger partial charge is 0.303 e. The predicted octanol–water partition coefficient (Wildman–Crippen LogP) is 0.993. The zero-order chi connectivity index (χ0) is 16.2. The van der Waals surface area contributed by atoms with Gasteiger partial charge in [0.05, 0.1) is 0 Å². The highest BCUT2D eigenvalue weighted by atomic mass is 79.9. The van der Waals surface area contributed by atoms with E-state index in [0.717, 1.165) is 4.68 Å². The molecule has 0 amide bonds. The average molecular weight is 383 g/mol. The van der Waals surface area contributed by atoms with Gasteiger partial charge in [0.2, 0.25) is 5.03 Å². The van der Waals surface area contributed by atoms with Gasteiger partial charge in [-0.1, -0.05) is 19.1 Å². The van der Waals surface area contributed by atoms with Gasteiger partial charge in [-0.05, 0) is 34.2 Å². The Morgan fingerprint density at radius 1 is 1.48 bits per heavy atom. The molecule has 0 bridgehead atoms. The number of rotatable bonds is 8. The number of halogens is 1. The fourth-order valence-corrected chi connectivity index (χ4v) is 4.26. The minimum absolute atomic E-state index is 0.0600. The Hall–Kier alpha value is -1.00. The highest BCUT2D eigenvalue weighted by molar-refractivity contribution is 9.10. The van der Waals surface area contributed by atoms with Crippen LogP contribution in [0.1, 0.15) is 26.7 Å². The largest absolute Gasteiger partial charge is 0.481 e. The molecule has 1 rings (SSSR count). The van der Waals surface area contributed by atoms with Crippen molar-refractivity contribution in [3.05, 3.63) is 4.60 Å². The lowest BCUT2D eigenvalue weighted by molar-refractivity contribution is -0.138. The first-order valence-corrected chi connectivity index (χ1v) is 8.67. The van der Waals surface area contributed by atoms with E-state index in [4.69, 9.17) is 5.11 Å². The first kappa shape index (κ1) is 18.1. The Kier molecular flexibility index (Phi) is 6.29. The number of hydrogen-bond donors (Lipinski definition) is 2. The lowest BCUT2D eigenvalue weighted by Crippen LogP contribution is -2.32. The Balaban J connectivity index is 2.81. The van der Waals surface area contributed by atoms with Crippen LogP contribution in [0.3, 0.4) is 0 Å². The number of aliphatic carboxylic acids is 1. The third-order valence-electron chi connectivity index (χ3n) is 2.82. The highest BCUT2D eigenvalue weighted by Gasteiger charge is 2.25. The third-order valence-corrected chi connectivity index (χ3v) is 5.13. The number of nitrogens with zero attached hydrogens (tertiary/aromatic N) is 3. The maximum atomic E-state index is 12.2. The van der Waals surface area contributed by atoms with Crippen LogP contribution in [-0.4, -0.2) is 41.0 Å². The lowest BCUT2D eigenvalue weighted by atomic mass is 9.94. The van der Waals surface area contributed by atoms with Crippen molar-refractivity contribution in [3.8, 4) is 0 Å². The normalized spacial score (nSPS) is 13.6. The van der Waals surface area contributed by atoms with Crippen molar-refractivity contribution in [2.45, 2.75) is 31.7 Å². The van der Waals surface area contributed by atoms with Crippen LogP contribution in [0, 0.1) is 11.8 Å². The molecule has 0 aliphatic carbocycles. The summed E-state index contributed by atoms with van der Waals surface area (Å²) in [5.74, 6) is -0.926. The Morgan fingerprint density at radius 2 is 2.10 bits per heavy atom. The molecule has 0 aliphatic rings. The summed E-state index contributed by atoms with van der Waals surface area (Å²) >= 11 is 3.03. The third kappa shape index (κ3) is 5.36. The van der Waals surface area contributed by atoms with E-state index in [1.165, 1.54) is 7.05 Å². The molecule has 0 aliphatic heterocycles. The number of carboxylic acid groups (broad SMARTS) is 1. The van der Waals surface area contributed by atoms with Crippen LogP contribution < -0.4 is 4.72 Å². The predicted molar refractivity (Wildman–Crippen MR) is 79.1 cm³/mol. The lowest BCUT2D eigenvalue weighted by Gasteiger charge is -2.17. The van der Waals surface area contributed by atoms with E-state index < -0.39 is 16.0 Å². The maximum absolute atomic E-state index is 12.2. The molecule has 1 aromatic heterocycles. The summed E-state index contributed by atoms with van der Waals surface area (Å²) in [6, 6.07) is 0. The highest BCUT2D eigenvalue weighted by Crippen LogP contribution is 2.19. The average Bonchev–Trinajstić information content (AvgIpc) is 2.65. The molecular weight excluding hydrogens is 364 g/mol. The van der Waals surface area contributed by atoms with Crippen LogP contribution in [0.4, 0.5) is 0 Å². The van der Waals surface area contributed by atoms with Crippen molar-refractivity contribution < 1.29 is 18.3 Å². The summed E-state index contributed by atoms with van der Waals surface area (Å²) < 4.78 is 28.1. The van der Waals surface area contributed by atoms with Crippen LogP contribution in [-0.2, 0) is 21.9 Å². The van der Waals surface area contributed by atoms with E-state index in [1.54, 1.807) is 0 Å². The molecule has 1 atom stereocenters. The van der Waals surface area contributed by atoms with E-state index in [9.17, 15) is 13.2 Å². The van der Waals surface area contributed by atoms with Gasteiger partial charge in [0.25, 0.3) is 10.0 Å². The summed E-state index contributed by atoms with van der Waals surface area (Å²) in [6.45, 7) is 3.99. The van der Waals surface area contributed by atoms with Crippen LogP contribution in [0.2, 0.25) is 0 Å². The molecule has 120 valence electrons. The molecule has 0 radical (unpaired) electrons. The van der Waals surface area contributed by atoms with E-state index >= 15 is 0 Å². The number of carbonyl (C=O) groups is 1. The Labute approximate surface area is 132 Å². The molecule has 0 spiro atoms. The van der Waals surface area contributed by atoms with Gasteiger partial charge in [-0.25, -0.2) is 17.8 Å². The minimum atomic E-state index is -3.80. The molecule has 1 heterocycles. The van der Waals surface area contributed by atoms with E-state index in [2.05, 4.69) is 31.0 Å². The summed E-state index contributed by atoms with van der Waals surface area (Å²) in [4.78, 5) is 10.8. The van der Waals surface area contributed by atoms with Crippen molar-refractivity contribution in [2.24, 2.45) is 18.9 Å². The number of hydrogen-bond acceptors (Lipinski definition) is 5. The summed E-state index contributed by atoms with van der Waals surface area (Å²) in [5.41, 5.74) is 0. The number of sulfonamides is 1. The minimum Gasteiger partial charge on any atom is -0.481 e. The fraction of sp³-hybridized carbons (Fsp3) is 0.727. The fourth-order valence-electron chi connectivity index (χ4n) is 2.06. The van der Waals surface area contributed by atoms with Gasteiger partial charge in [0.1, 0.15) is 0 Å². The van der Waals surface area contributed by atoms with Gasteiger partial charge in [-0.15, -0.1) is 5.10 Å².